The van der Waals surface area contributed by atoms with Gasteiger partial charge in [0.2, 0.25) is 0 Å². The van der Waals surface area contributed by atoms with E-state index < -0.39 is 0 Å². The molecule has 2 aliphatic rings. The molecule has 2 N–H and O–H groups in total. The van der Waals surface area contributed by atoms with Gasteiger partial charge in [-0.1, -0.05) is 12.8 Å². The second-order valence-corrected chi connectivity index (χ2v) is 8.54. The van der Waals surface area contributed by atoms with Gasteiger partial charge in [0.15, 0.2) is 5.96 Å². The van der Waals surface area contributed by atoms with Gasteiger partial charge in [0.25, 0.3) is 0 Å². The van der Waals surface area contributed by atoms with Crippen LogP contribution in [0.2, 0.25) is 0 Å². The third-order valence-electron chi connectivity index (χ3n) is 5.72. The first-order chi connectivity index (χ1) is 12.1. The molecule has 2 aliphatic carbocycles. The summed E-state index contributed by atoms with van der Waals surface area (Å²) in [6.45, 7) is 10.7. The summed E-state index contributed by atoms with van der Waals surface area (Å²) >= 11 is 1.75. The van der Waals surface area contributed by atoms with Crippen molar-refractivity contribution in [3.05, 3.63) is 15.6 Å². The fourth-order valence-electron chi connectivity index (χ4n) is 4.45. The second kappa shape index (κ2) is 9.68. The molecule has 2 fully saturated rings. The Labute approximate surface area is 178 Å². The Kier molecular flexibility index (Phi) is 8.15. The second-order valence-electron chi connectivity index (χ2n) is 7.25. The van der Waals surface area contributed by atoms with Gasteiger partial charge < -0.3 is 15.4 Å². The molecule has 1 aromatic rings. The maximum absolute atomic E-state index is 6.03. The summed E-state index contributed by atoms with van der Waals surface area (Å²) < 4.78 is 6.03. The molecular weight excluding hydrogens is 459 g/mol. The van der Waals surface area contributed by atoms with E-state index in [4.69, 9.17) is 9.73 Å². The van der Waals surface area contributed by atoms with Crippen LogP contribution in [0.15, 0.2) is 4.99 Å². The molecule has 0 radical (unpaired) electrons. The molecule has 1 spiro atoms. The van der Waals surface area contributed by atoms with E-state index in [9.17, 15) is 0 Å². The summed E-state index contributed by atoms with van der Waals surface area (Å²) in [4.78, 5) is 10.6. The molecule has 1 aromatic heterocycles. The maximum Gasteiger partial charge on any atom is 0.191 e. The summed E-state index contributed by atoms with van der Waals surface area (Å²) in [6, 6.07) is 0.480. The van der Waals surface area contributed by atoms with Crippen molar-refractivity contribution in [2.75, 3.05) is 13.2 Å². The van der Waals surface area contributed by atoms with Crippen LogP contribution in [0.1, 0.15) is 61.5 Å². The Morgan fingerprint density at radius 1 is 1.31 bits per heavy atom. The number of ether oxygens (including phenoxy) is 1. The SMILES string of the molecule is CCNC(=NCc1sc(C)nc1C)NC1CC(OCC)C12CCCC2.I. The van der Waals surface area contributed by atoms with E-state index in [0.717, 1.165) is 36.2 Å². The highest BCUT2D eigenvalue weighted by Crippen LogP contribution is 2.54. The first-order valence-corrected chi connectivity index (χ1v) is 10.5. The number of aromatic nitrogens is 1. The third kappa shape index (κ3) is 4.52. The molecule has 0 saturated heterocycles. The third-order valence-corrected chi connectivity index (χ3v) is 6.78. The number of nitrogens with zero attached hydrogens (tertiary/aromatic N) is 2. The first-order valence-electron chi connectivity index (χ1n) is 9.68. The van der Waals surface area contributed by atoms with Crippen molar-refractivity contribution in [1.82, 2.24) is 15.6 Å². The van der Waals surface area contributed by atoms with Gasteiger partial charge >= 0.3 is 0 Å². The van der Waals surface area contributed by atoms with Gasteiger partial charge in [-0.3, -0.25) is 0 Å². The molecule has 148 valence electrons. The summed E-state index contributed by atoms with van der Waals surface area (Å²) in [6.07, 6.45) is 6.73. The molecular formula is C19H33IN4OS. The van der Waals surface area contributed by atoms with Crippen LogP contribution in [0.25, 0.3) is 0 Å². The zero-order valence-electron chi connectivity index (χ0n) is 16.4. The van der Waals surface area contributed by atoms with Crippen LogP contribution in [-0.4, -0.2) is 36.2 Å². The Hall–Kier alpha value is -0.410. The number of aryl methyl sites for hydroxylation is 2. The van der Waals surface area contributed by atoms with Crippen molar-refractivity contribution in [2.24, 2.45) is 10.4 Å². The van der Waals surface area contributed by atoms with E-state index in [1.54, 1.807) is 11.3 Å². The van der Waals surface area contributed by atoms with Crippen LogP contribution >= 0.6 is 35.3 Å². The fraction of sp³-hybridized carbons (Fsp3) is 0.789. The molecule has 5 nitrogen and oxygen atoms in total. The molecule has 0 bridgehead atoms. The van der Waals surface area contributed by atoms with Crippen molar-refractivity contribution >= 4 is 41.3 Å². The largest absolute Gasteiger partial charge is 0.378 e. The average Bonchev–Trinajstić information content (AvgIpc) is 3.20. The zero-order chi connectivity index (χ0) is 17.9. The average molecular weight is 492 g/mol. The van der Waals surface area contributed by atoms with Crippen molar-refractivity contribution < 1.29 is 4.74 Å². The molecule has 2 saturated carbocycles. The van der Waals surface area contributed by atoms with Crippen LogP contribution in [0.4, 0.5) is 0 Å². The van der Waals surface area contributed by atoms with E-state index in [1.165, 1.54) is 30.6 Å². The minimum Gasteiger partial charge on any atom is -0.378 e. The molecule has 3 rings (SSSR count). The quantitative estimate of drug-likeness (QED) is 0.356. The van der Waals surface area contributed by atoms with Crippen molar-refractivity contribution in [3.8, 4) is 0 Å². The standard InChI is InChI=1S/C19H32N4OS.HI/c1-5-20-18(21-12-15-13(3)22-14(4)25-15)23-16-11-17(24-6-2)19(16)9-7-8-10-19;/h16-17H,5-12H2,1-4H3,(H2,20,21,23);1H. The smallest absolute Gasteiger partial charge is 0.191 e. The van der Waals surface area contributed by atoms with Crippen LogP contribution < -0.4 is 10.6 Å². The van der Waals surface area contributed by atoms with Crippen molar-refractivity contribution in [1.29, 1.82) is 0 Å². The topological polar surface area (TPSA) is 58.5 Å². The molecule has 2 atom stereocenters. The molecule has 2 unspecified atom stereocenters. The van der Waals surface area contributed by atoms with Gasteiger partial charge in [-0.25, -0.2) is 9.98 Å². The highest BCUT2D eigenvalue weighted by Gasteiger charge is 2.56. The minimum absolute atomic E-state index is 0. The van der Waals surface area contributed by atoms with E-state index >= 15 is 0 Å². The highest BCUT2D eigenvalue weighted by molar-refractivity contribution is 14.0. The Morgan fingerprint density at radius 2 is 2.04 bits per heavy atom. The van der Waals surface area contributed by atoms with Crippen LogP contribution in [0, 0.1) is 19.3 Å². The predicted molar refractivity (Wildman–Crippen MR) is 120 cm³/mol. The molecule has 0 aliphatic heterocycles. The number of aliphatic imine (C=N–C) groups is 1. The maximum atomic E-state index is 6.03. The normalized spacial score (nSPS) is 24.2. The van der Waals surface area contributed by atoms with E-state index in [1.807, 2.05) is 0 Å². The minimum atomic E-state index is 0. The fourth-order valence-corrected chi connectivity index (χ4v) is 5.31. The molecule has 0 amide bonds. The van der Waals surface area contributed by atoms with Crippen molar-refractivity contribution in [2.45, 2.75) is 78.5 Å². The number of hydrogen-bond donors (Lipinski definition) is 2. The molecule has 26 heavy (non-hydrogen) atoms. The number of guanidine groups is 1. The summed E-state index contributed by atoms with van der Waals surface area (Å²) in [7, 11) is 0. The molecule has 7 heteroatoms. The van der Waals surface area contributed by atoms with Gasteiger partial charge in [-0.2, -0.15) is 0 Å². The monoisotopic (exact) mass is 492 g/mol. The lowest BCUT2D eigenvalue weighted by molar-refractivity contribution is -0.125. The predicted octanol–water partition coefficient (Wildman–Crippen LogP) is 4.17. The lowest BCUT2D eigenvalue weighted by Gasteiger charge is -2.54. The van der Waals surface area contributed by atoms with E-state index in [2.05, 4.69) is 43.3 Å². The van der Waals surface area contributed by atoms with E-state index in [-0.39, 0.29) is 24.0 Å². The number of nitrogens with one attached hydrogen (secondary N) is 2. The number of halogens is 1. The number of rotatable bonds is 6. The Morgan fingerprint density at radius 3 is 2.62 bits per heavy atom. The molecule has 1 heterocycles. The van der Waals surface area contributed by atoms with Gasteiger partial charge in [0.05, 0.1) is 23.4 Å². The first kappa shape index (κ1) is 21.9. The highest BCUT2D eigenvalue weighted by atomic mass is 127. The lowest BCUT2D eigenvalue weighted by atomic mass is 9.60. The summed E-state index contributed by atoms with van der Waals surface area (Å²) in [5.74, 6) is 0.930. The lowest BCUT2D eigenvalue weighted by Crippen LogP contribution is -2.65. The van der Waals surface area contributed by atoms with Gasteiger partial charge in [0, 0.05) is 29.5 Å². The summed E-state index contributed by atoms with van der Waals surface area (Å²) in [5, 5.41) is 8.24. The van der Waals surface area contributed by atoms with Crippen LogP contribution in [-0.2, 0) is 11.3 Å². The Bertz CT molecular complexity index is 613. The number of hydrogen-bond acceptors (Lipinski definition) is 4. The summed E-state index contributed by atoms with van der Waals surface area (Å²) in [5.41, 5.74) is 1.43. The Balaban J connectivity index is 0.00000243. The van der Waals surface area contributed by atoms with Crippen molar-refractivity contribution in [3.63, 3.8) is 0 Å². The van der Waals surface area contributed by atoms with Crippen LogP contribution in [0.5, 0.6) is 0 Å². The van der Waals surface area contributed by atoms with Gasteiger partial charge in [0.1, 0.15) is 0 Å². The van der Waals surface area contributed by atoms with Gasteiger partial charge in [-0.15, -0.1) is 35.3 Å². The zero-order valence-corrected chi connectivity index (χ0v) is 19.6. The van der Waals surface area contributed by atoms with Crippen LogP contribution in [0.3, 0.4) is 0 Å². The van der Waals surface area contributed by atoms with Gasteiger partial charge in [-0.05, 0) is 47.0 Å². The molecule has 0 aromatic carbocycles. The number of thiazole rings is 1. The van der Waals surface area contributed by atoms with E-state index in [0.29, 0.717) is 24.1 Å².